The molecule has 42 heavy (non-hydrogen) atoms. The maximum Gasteiger partial charge on any atom is 0.314 e. The van der Waals surface area contributed by atoms with Crippen LogP contribution in [-0.4, -0.2) is 25.5 Å². The van der Waals surface area contributed by atoms with Crippen LogP contribution in [-0.2, 0) is 9.59 Å². The lowest BCUT2D eigenvalue weighted by Crippen LogP contribution is -2.27. The van der Waals surface area contributed by atoms with Crippen LogP contribution >= 0.6 is 0 Å². The van der Waals surface area contributed by atoms with Crippen molar-refractivity contribution in [2.24, 2.45) is 5.92 Å². The van der Waals surface area contributed by atoms with E-state index in [2.05, 4.69) is 10.6 Å². The summed E-state index contributed by atoms with van der Waals surface area (Å²) >= 11 is 0. The summed E-state index contributed by atoms with van der Waals surface area (Å²) in [6.07, 6.45) is 6.15. The highest BCUT2D eigenvalue weighted by Crippen LogP contribution is 2.45. The van der Waals surface area contributed by atoms with E-state index in [1.807, 2.05) is 67.6 Å². The minimum atomic E-state index is -0.400. The van der Waals surface area contributed by atoms with Gasteiger partial charge in [0.2, 0.25) is 0 Å². The number of Topliss-reactive ketones (excluding diaryl/α,β-unsaturated/α-hetero) is 1. The summed E-state index contributed by atoms with van der Waals surface area (Å²) in [7, 11) is 1.65. The summed E-state index contributed by atoms with van der Waals surface area (Å²) in [5.41, 5.74) is 5.47. The van der Waals surface area contributed by atoms with E-state index in [0.717, 1.165) is 65.2 Å². The van der Waals surface area contributed by atoms with Gasteiger partial charge in [-0.15, -0.1) is 0 Å². The molecule has 3 aromatic rings. The highest BCUT2D eigenvalue weighted by Gasteiger charge is 2.36. The molecule has 0 aromatic heterocycles. The Labute approximate surface area is 247 Å². The zero-order chi connectivity index (χ0) is 29.1. The molecule has 1 saturated carbocycles. The first-order chi connectivity index (χ1) is 20.5. The van der Waals surface area contributed by atoms with Crippen LogP contribution in [0, 0.1) is 5.92 Å². The van der Waals surface area contributed by atoms with Crippen LogP contribution in [0.1, 0.15) is 75.0 Å². The fourth-order valence-electron chi connectivity index (χ4n) is 6.44. The first-order valence-corrected chi connectivity index (χ1v) is 15.0. The smallest absolute Gasteiger partial charge is 0.314 e. The largest absolute Gasteiger partial charge is 0.497 e. The Bertz CT molecular complexity index is 1490. The molecule has 0 radical (unpaired) electrons. The zero-order valence-corrected chi connectivity index (χ0v) is 24.3. The predicted octanol–water partition coefficient (Wildman–Crippen LogP) is 7.56. The van der Waals surface area contributed by atoms with Crippen LogP contribution in [0.15, 0.2) is 78.0 Å². The van der Waals surface area contributed by atoms with E-state index in [-0.39, 0.29) is 23.6 Å². The van der Waals surface area contributed by atoms with E-state index in [1.54, 1.807) is 13.2 Å². The first-order valence-electron chi connectivity index (χ1n) is 15.0. The number of carbonyl (C=O) groups is 2. The fraction of sp³-hybridized carbons (Fsp3) is 0.371. The van der Waals surface area contributed by atoms with E-state index in [0.29, 0.717) is 30.9 Å². The number of esters is 1. The highest BCUT2D eigenvalue weighted by atomic mass is 16.6. The van der Waals surface area contributed by atoms with E-state index in [4.69, 9.17) is 14.2 Å². The second-order valence-electron chi connectivity index (χ2n) is 11.3. The van der Waals surface area contributed by atoms with Gasteiger partial charge in [0, 0.05) is 17.7 Å². The van der Waals surface area contributed by atoms with E-state index in [9.17, 15) is 9.59 Å². The van der Waals surface area contributed by atoms with Gasteiger partial charge in [-0.25, -0.2) is 0 Å². The number of rotatable bonds is 7. The Morgan fingerprint density at radius 1 is 0.881 bits per heavy atom. The monoisotopic (exact) mass is 566 g/mol. The lowest BCUT2D eigenvalue weighted by atomic mass is 9.78. The molecule has 2 aliphatic carbocycles. The number of allylic oxidation sites excluding steroid dienone is 1. The molecule has 1 aliphatic heterocycles. The minimum Gasteiger partial charge on any atom is -0.497 e. The Morgan fingerprint density at radius 3 is 2.36 bits per heavy atom. The normalized spacial score (nSPS) is 20.4. The third-order valence-electron chi connectivity index (χ3n) is 8.65. The number of nitrogens with one attached hydrogen (secondary N) is 2. The third kappa shape index (κ3) is 5.73. The van der Waals surface area contributed by atoms with Gasteiger partial charge in [-0.05, 0) is 79.6 Å². The lowest BCUT2D eigenvalue weighted by Gasteiger charge is -2.30. The van der Waals surface area contributed by atoms with Crippen LogP contribution in [0.3, 0.4) is 0 Å². The number of para-hydroxylation sites is 2. The van der Waals surface area contributed by atoms with Gasteiger partial charge in [0.1, 0.15) is 5.75 Å². The van der Waals surface area contributed by atoms with Gasteiger partial charge in [-0.1, -0.05) is 49.6 Å². The molecule has 1 heterocycles. The molecule has 2 N–H and O–H groups in total. The summed E-state index contributed by atoms with van der Waals surface area (Å²) in [6, 6.07) is 21.2. The second kappa shape index (κ2) is 12.3. The van der Waals surface area contributed by atoms with Crippen LogP contribution in [0.5, 0.6) is 17.2 Å². The number of ether oxygens (including phenoxy) is 3. The predicted molar refractivity (Wildman–Crippen MR) is 163 cm³/mol. The van der Waals surface area contributed by atoms with E-state index < -0.39 is 6.04 Å². The number of anilines is 2. The topological polar surface area (TPSA) is 85.9 Å². The van der Waals surface area contributed by atoms with Gasteiger partial charge >= 0.3 is 5.97 Å². The average molecular weight is 567 g/mol. The number of ketones is 1. The molecule has 2 atom stereocenters. The van der Waals surface area contributed by atoms with Crippen molar-refractivity contribution in [3.8, 4) is 17.2 Å². The molecule has 0 amide bonds. The van der Waals surface area contributed by atoms with Gasteiger partial charge in [0.15, 0.2) is 17.3 Å². The quantitative estimate of drug-likeness (QED) is 0.225. The van der Waals surface area contributed by atoms with Gasteiger partial charge < -0.3 is 24.8 Å². The Kier molecular flexibility index (Phi) is 8.17. The summed E-state index contributed by atoms with van der Waals surface area (Å²) < 4.78 is 17.2. The number of hydrogen-bond donors (Lipinski definition) is 2. The highest BCUT2D eigenvalue weighted by molar-refractivity contribution is 6.01. The lowest BCUT2D eigenvalue weighted by molar-refractivity contribution is -0.140. The summed E-state index contributed by atoms with van der Waals surface area (Å²) in [4.78, 5) is 26.9. The number of fused-ring (bicyclic) bond motifs is 1. The van der Waals surface area contributed by atoms with Crippen LogP contribution in [0.4, 0.5) is 11.4 Å². The van der Waals surface area contributed by atoms with Crippen molar-refractivity contribution in [3.05, 3.63) is 89.1 Å². The maximum absolute atomic E-state index is 14.0. The maximum atomic E-state index is 14.0. The molecule has 2 unspecified atom stereocenters. The second-order valence-corrected chi connectivity index (χ2v) is 11.3. The minimum absolute atomic E-state index is 0.0566. The van der Waals surface area contributed by atoms with Crippen LogP contribution in [0.2, 0.25) is 0 Å². The van der Waals surface area contributed by atoms with Crippen molar-refractivity contribution < 1.29 is 23.8 Å². The number of benzene rings is 3. The summed E-state index contributed by atoms with van der Waals surface area (Å²) in [5.74, 6) is 1.63. The van der Waals surface area contributed by atoms with E-state index in [1.165, 1.54) is 6.42 Å². The van der Waals surface area contributed by atoms with Crippen molar-refractivity contribution in [1.29, 1.82) is 0 Å². The zero-order valence-electron chi connectivity index (χ0n) is 24.3. The first kappa shape index (κ1) is 27.9. The van der Waals surface area contributed by atoms with Crippen LogP contribution < -0.4 is 24.8 Å². The number of carbonyl (C=O) groups excluding carboxylic acids is 2. The standard InChI is InChI=1S/C35H38N2O5/c1-3-41-32-21-24(15-18-31(32)42-35(39)23-9-5-4-6-10-23)34-33-29(36-27-11-7-8-12-28(27)37-34)19-25(20-30(33)38)22-13-16-26(40-2)17-14-22/h7-8,11-18,21,23,25,34,36-37H,3-6,9-10,19-20H2,1-2H3. The van der Waals surface area contributed by atoms with Gasteiger partial charge in [-0.3, -0.25) is 9.59 Å². The molecule has 218 valence electrons. The Morgan fingerprint density at radius 2 is 1.62 bits per heavy atom. The summed E-state index contributed by atoms with van der Waals surface area (Å²) in [5, 5.41) is 7.23. The Hall–Kier alpha value is -4.26. The molecule has 7 heteroatoms. The van der Waals surface area contributed by atoms with Gasteiger partial charge in [-0.2, -0.15) is 0 Å². The van der Waals surface area contributed by atoms with Crippen molar-refractivity contribution in [3.63, 3.8) is 0 Å². The molecule has 3 aliphatic rings. The SMILES string of the molecule is CCOc1cc(C2Nc3ccccc3NC3=C2C(=O)CC(c2ccc(OC)cc2)C3)ccc1OC(=O)C1CCCCC1. The summed E-state index contributed by atoms with van der Waals surface area (Å²) in [6.45, 7) is 2.34. The molecule has 0 saturated heterocycles. The van der Waals surface area contributed by atoms with Gasteiger partial charge in [0.05, 0.1) is 37.1 Å². The molecule has 7 nitrogen and oxygen atoms in total. The third-order valence-corrected chi connectivity index (χ3v) is 8.65. The van der Waals surface area contributed by atoms with Crippen molar-refractivity contribution in [1.82, 2.24) is 0 Å². The molecule has 6 rings (SSSR count). The molecular formula is C35H38N2O5. The molecule has 1 fully saturated rings. The van der Waals surface area contributed by atoms with E-state index >= 15 is 0 Å². The average Bonchev–Trinajstić information content (AvgIpc) is 3.19. The molecule has 0 bridgehead atoms. The van der Waals surface area contributed by atoms with Crippen molar-refractivity contribution in [2.45, 2.75) is 63.8 Å². The molecule has 0 spiro atoms. The number of hydrogen-bond acceptors (Lipinski definition) is 7. The van der Waals surface area contributed by atoms with Crippen molar-refractivity contribution in [2.75, 3.05) is 24.4 Å². The van der Waals surface area contributed by atoms with Gasteiger partial charge in [0.25, 0.3) is 0 Å². The Balaban J connectivity index is 1.35. The number of methoxy groups -OCH3 is 1. The molecule has 3 aromatic carbocycles. The molecular weight excluding hydrogens is 528 g/mol. The van der Waals surface area contributed by atoms with Crippen LogP contribution in [0.25, 0.3) is 0 Å². The fourth-order valence-corrected chi connectivity index (χ4v) is 6.44. The van der Waals surface area contributed by atoms with Crippen molar-refractivity contribution >= 4 is 23.1 Å².